The first-order chi connectivity index (χ1) is 25.8. The van der Waals surface area contributed by atoms with Crippen molar-refractivity contribution in [3.63, 3.8) is 0 Å². The van der Waals surface area contributed by atoms with Crippen LogP contribution < -0.4 is 33.2 Å². The van der Waals surface area contributed by atoms with E-state index in [9.17, 15) is 29.4 Å². The van der Waals surface area contributed by atoms with Crippen molar-refractivity contribution in [1.82, 2.24) is 39.0 Å². The summed E-state index contributed by atoms with van der Waals surface area (Å²) in [6.45, 7) is 4.25. The fourth-order valence-electron chi connectivity index (χ4n) is 6.33. The Morgan fingerprint density at radius 1 is 0.704 bits per heavy atom. The van der Waals surface area contributed by atoms with Gasteiger partial charge in [0.05, 0.1) is 21.4 Å². The van der Waals surface area contributed by atoms with Crippen LogP contribution in [-0.4, -0.2) is 88.8 Å². The van der Waals surface area contributed by atoms with Crippen LogP contribution >= 0.6 is 23.2 Å². The highest BCUT2D eigenvalue weighted by Crippen LogP contribution is 2.42. The zero-order valence-corrected chi connectivity index (χ0v) is 30.8. The van der Waals surface area contributed by atoms with E-state index < -0.39 is 24.0 Å². The monoisotopic (exact) mass is 776 g/mol. The van der Waals surface area contributed by atoms with E-state index >= 15 is 0 Å². The van der Waals surface area contributed by atoms with Crippen LogP contribution in [-0.2, 0) is 22.7 Å². The number of carboxylic acid groups (broad SMARTS) is 2. The summed E-state index contributed by atoms with van der Waals surface area (Å²) in [7, 11) is 0. The number of hydrogen-bond acceptors (Lipinski definition) is 10. The van der Waals surface area contributed by atoms with Crippen molar-refractivity contribution in [2.75, 3.05) is 26.2 Å². The van der Waals surface area contributed by atoms with Gasteiger partial charge in [0, 0.05) is 85.3 Å². The second-order valence-corrected chi connectivity index (χ2v) is 13.4. The molecule has 0 amide bonds. The number of carboxylic acids is 2. The molecule has 4 aromatic heterocycles. The molecule has 8 N–H and O–H groups in total. The van der Waals surface area contributed by atoms with Crippen molar-refractivity contribution in [3.05, 3.63) is 103 Å². The van der Waals surface area contributed by atoms with Crippen LogP contribution in [0.2, 0.25) is 10.0 Å². The first-order valence-corrected chi connectivity index (χ1v) is 17.7. The molecular formula is C36H38Cl2N10O6. The lowest BCUT2D eigenvalue weighted by Gasteiger charge is -2.14. The number of aromatic nitrogens is 6. The number of nitrogens with two attached hydrogens (primary N) is 2. The van der Waals surface area contributed by atoms with E-state index in [1.165, 1.54) is 9.03 Å². The van der Waals surface area contributed by atoms with Gasteiger partial charge in [0.2, 0.25) is 0 Å². The predicted octanol–water partition coefficient (Wildman–Crippen LogP) is 2.23. The molecule has 4 heterocycles. The van der Waals surface area contributed by atoms with Crippen molar-refractivity contribution in [3.8, 4) is 33.6 Å². The first-order valence-electron chi connectivity index (χ1n) is 16.9. The molecule has 0 spiro atoms. The van der Waals surface area contributed by atoms with Crippen molar-refractivity contribution in [2.24, 2.45) is 11.5 Å². The third-order valence-electron chi connectivity index (χ3n) is 9.23. The molecule has 0 aliphatic rings. The SMILES string of the molecule is Cc1cn2nc(-c3cccc(-c4cccc(-c5cc6c(=O)n(CCN[C@H](CN)C(=O)O)c(C)cn6n5)c4Cl)c3Cl)cc2c(=O)n1CCN[C@@H](CN)C(=O)O. The molecule has 0 saturated carbocycles. The van der Waals surface area contributed by atoms with Gasteiger partial charge in [-0.25, -0.2) is 9.03 Å². The van der Waals surface area contributed by atoms with Crippen molar-refractivity contribution < 1.29 is 19.8 Å². The Balaban J connectivity index is 1.30. The van der Waals surface area contributed by atoms with Gasteiger partial charge in [-0.1, -0.05) is 59.6 Å². The van der Waals surface area contributed by atoms with Crippen LogP contribution in [0.3, 0.4) is 0 Å². The molecule has 6 aromatic rings. The van der Waals surface area contributed by atoms with Gasteiger partial charge in [0.15, 0.2) is 0 Å². The largest absolute Gasteiger partial charge is 0.480 e. The molecular weight excluding hydrogens is 739 g/mol. The fourth-order valence-corrected chi connectivity index (χ4v) is 6.98. The number of carbonyl (C=O) groups is 2. The summed E-state index contributed by atoms with van der Waals surface area (Å²) in [6.07, 6.45) is 3.43. The summed E-state index contributed by atoms with van der Waals surface area (Å²) in [5, 5.41) is 34.2. The lowest BCUT2D eigenvalue weighted by Crippen LogP contribution is -2.44. The minimum Gasteiger partial charge on any atom is -0.480 e. The minimum absolute atomic E-state index is 0.0823. The number of hydrogen-bond donors (Lipinski definition) is 6. The second-order valence-electron chi connectivity index (χ2n) is 12.7. The number of aliphatic carboxylic acids is 2. The number of fused-ring (bicyclic) bond motifs is 2. The number of benzene rings is 2. The van der Waals surface area contributed by atoms with Gasteiger partial charge in [-0.3, -0.25) is 19.2 Å². The Hall–Kier alpha value is -5.36. The average molecular weight is 778 g/mol. The summed E-state index contributed by atoms with van der Waals surface area (Å²) in [5.41, 5.74) is 15.6. The Kier molecular flexibility index (Phi) is 11.3. The number of nitrogens with one attached hydrogen (secondary N) is 2. The summed E-state index contributed by atoms with van der Waals surface area (Å²) in [5.74, 6) is -2.13. The maximum absolute atomic E-state index is 13.5. The summed E-state index contributed by atoms with van der Waals surface area (Å²) in [4.78, 5) is 49.7. The van der Waals surface area contributed by atoms with Gasteiger partial charge in [-0.05, 0) is 26.0 Å². The van der Waals surface area contributed by atoms with Crippen LogP contribution in [0.4, 0.5) is 0 Å². The third-order valence-corrected chi connectivity index (χ3v) is 10.0. The van der Waals surface area contributed by atoms with E-state index in [2.05, 4.69) is 20.8 Å². The Labute approximate surface area is 317 Å². The molecule has 0 aliphatic carbocycles. The van der Waals surface area contributed by atoms with Gasteiger partial charge in [-0.15, -0.1) is 0 Å². The fraction of sp³-hybridized carbons (Fsp3) is 0.278. The molecule has 0 fully saturated rings. The van der Waals surface area contributed by atoms with E-state index in [-0.39, 0.29) is 50.4 Å². The first kappa shape index (κ1) is 38.4. The van der Waals surface area contributed by atoms with Gasteiger partial charge in [-0.2, -0.15) is 10.2 Å². The van der Waals surface area contributed by atoms with Gasteiger partial charge in [0.25, 0.3) is 11.1 Å². The lowest BCUT2D eigenvalue weighted by molar-refractivity contribution is -0.140. The Morgan fingerprint density at radius 2 is 1.07 bits per heavy atom. The highest BCUT2D eigenvalue weighted by molar-refractivity contribution is 6.39. The van der Waals surface area contributed by atoms with Gasteiger partial charge >= 0.3 is 11.9 Å². The molecule has 54 heavy (non-hydrogen) atoms. The topological polar surface area (TPSA) is 229 Å². The van der Waals surface area contributed by atoms with Gasteiger partial charge in [0.1, 0.15) is 23.1 Å². The Morgan fingerprint density at radius 3 is 1.43 bits per heavy atom. The molecule has 2 aromatic carbocycles. The van der Waals surface area contributed by atoms with Crippen molar-refractivity contribution >= 4 is 46.2 Å². The van der Waals surface area contributed by atoms with Gasteiger partial charge < -0.3 is 41.4 Å². The average Bonchev–Trinajstić information content (AvgIpc) is 3.76. The quantitative estimate of drug-likeness (QED) is 0.0883. The highest BCUT2D eigenvalue weighted by Gasteiger charge is 2.21. The van der Waals surface area contributed by atoms with E-state index in [4.69, 9.17) is 34.7 Å². The molecule has 6 rings (SSSR count). The molecule has 0 bridgehead atoms. The van der Waals surface area contributed by atoms with Crippen molar-refractivity contribution in [2.45, 2.75) is 39.0 Å². The van der Waals surface area contributed by atoms with Crippen LogP contribution in [0.1, 0.15) is 11.4 Å². The third kappa shape index (κ3) is 7.39. The highest BCUT2D eigenvalue weighted by atomic mass is 35.5. The molecule has 0 aliphatic heterocycles. The maximum Gasteiger partial charge on any atom is 0.322 e. The maximum atomic E-state index is 13.5. The van der Waals surface area contributed by atoms with Crippen LogP contribution in [0.5, 0.6) is 0 Å². The molecule has 282 valence electrons. The number of rotatable bonds is 15. The normalized spacial score (nSPS) is 12.8. The smallest absolute Gasteiger partial charge is 0.322 e. The van der Waals surface area contributed by atoms with Crippen LogP contribution in [0.25, 0.3) is 44.7 Å². The van der Waals surface area contributed by atoms with E-state index in [0.29, 0.717) is 66.1 Å². The molecule has 2 atom stereocenters. The number of aryl methyl sites for hydroxylation is 2. The van der Waals surface area contributed by atoms with E-state index in [0.717, 1.165) is 0 Å². The summed E-state index contributed by atoms with van der Waals surface area (Å²) < 4.78 is 6.07. The minimum atomic E-state index is -1.06. The predicted molar refractivity (Wildman–Crippen MR) is 205 cm³/mol. The molecule has 16 nitrogen and oxygen atoms in total. The number of nitrogens with zero attached hydrogens (tertiary/aromatic N) is 6. The summed E-state index contributed by atoms with van der Waals surface area (Å²) in [6, 6.07) is 12.3. The zero-order chi connectivity index (χ0) is 38.8. The zero-order valence-electron chi connectivity index (χ0n) is 29.3. The standard InChI is InChI=1S/C36H38Cl2N10O6/c1-19-17-47-29(33(49)45(19)11-9-41-27(15-39)35(51)52)13-25(43-47)23-7-3-5-21(31(23)37)22-6-4-8-24(32(22)38)26-14-30-34(50)46(20(2)18-48(30)44-26)12-10-42-28(16-40)36(53)54/h3-8,13-14,17-18,27-28,41-42H,9-12,15-16,39-40H2,1-2H3,(H,51,52)(H,53,54)/t27-,28+. The lowest BCUT2D eigenvalue weighted by atomic mass is 9.98. The molecule has 0 radical (unpaired) electrons. The summed E-state index contributed by atoms with van der Waals surface area (Å²) >= 11 is 14.1. The number of halogens is 2. The second kappa shape index (κ2) is 15.9. The Bertz CT molecular complexity index is 2350. The van der Waals surface area contributed by atoms with Crippen molar-refractivity contribution in [1.29, 1.82) is 0 Å². The van der Waals surface area contributed by atoms with E-state index in [1.807, 2.05) is 24.3 Å². The van der Waals surface area contributed by atoms with E-state index in [1.54, 1.807) is 59.6 Å². The molecule has 0 saturated heterocycles. The van der Waals surface area contributed by atoms with Crippen LogP contribution in [0.15, 0.2) is 70.5 Å². The molecule has 0 unspecified atom stereocenters. The molecule has 18 heteroatoms. The van der Waals surface area contributed by atoms with Crippen LogP contribution in [0, 0.1) is 13.8 Å².